The minimum atomic E-state index is -1.20. The monoisotopic (exact) mass is 804 g/mol. The quantitative estimate of drug-likeness (QED) is 0.0434. The maximum absolute atomic E-state index is 12.1. The number of amides is 3. The van der Waals surface area contributed by atoms with E-state index < -0.39 is 36.6 Å². The number of aliphatic carboxylic acids is 1. The van der Waals surface area contributed by atoms with Gasteiger partial charge in [-0.15, -0.1) is 0 Å². The Bertz CT molecular complexity index is 1600. The summed E-state index contributed by atoms with van der Waals surface area (Å²) < 4.78 is 7.48. The van der Waals surface area contributed by atoms with Crippen LogP contribution in [0, 0.1) is 0 Å². The number of carboxylic acids is 1. The highest BCUT2D eigenvalue weighted by Gasteiger charge is 2.44. The van der Waals surface area contributed by atoms with Crippen molar-refractivity contribution in [1.82, 2.24) is 35.5 Å². The normalized spacial score (nSPS) is 25.5. The van der Waals surface area contributed by atoms with E-state index in [2.05, 4.69) is 40.9 Å². The molecule has 3 amide bonds. The molecule has 19 heteroatoms. The number of urea groups is 1. The van der Waals surface area contributed by atoms with Gasteiger partial charge in [0.2, 0.25) is 5.91 Å². The van der Waals surface area contributed by atoms with Crippen molar-refractivity contribution in [2.75, 3.05) is 36.1 Å². The molecule has 2 aromatic rings. The predicted octanol–water partition coefficient (Wildman–Crippen LogP) is 2.71. The summed E-state index contributed by atoms with van der Waals surface area (Å²) in [4.78, 5) is 56.5. The van der Waals surface area contributed by atoms with E-state index >= 15 is 0 Å². The van der Waals surface area contributed by atoms with Crippen molar-refractivity contribution in [2.45, 2.75) is 131 Å². The largest absolute Gasteiger partial charge is 0.480 e. The number of carbonyl (C=O) groups excluding carboxylic acids is 2. The van der Waals surface area contributed by atoms with Crippen molar-refractivity contribution in [3.8, 4) is 0 Å². The van der Waals surface area contributed by atoms with Crippen LogP contribution in [-0.2, 0) is 14.3 Å². The lowest BCUT2D eigenvalue weighted by molar-refractivity contribution is -0.138. The molecule has 3 aliphatic heterocycles. The number of carbonyl (C=O) groups is 3. The van der Waals surface area contributed by atoms with Gasteiger partial charge in [-0.05, 0) is 82.4 Å². The molecule has 55 heavy (non-hydrogen) atoms. The zero-order valence-corrected chi connectivity index (χ0v) is 32.8. The van der Waals surface area contributed by atoms with Crippen molar-refractivity contribution < 1.29 is 34.4 Å². The number of hydrogen-bond acceptors (Lipinski definition) is 14. The Balaban J connectivity index is 0.819. The number of fused-ring (bicyclic) bond motifs is 2. The summed E-state index contributed by atoms with van der Waals surface area (Å²) in [6, 6.07) is -0.423. The maximum Gasteiger partial charge on any atom is 0.328 e. The number of aliphatic imine (C=N–C) groups is 2. The molecule has 0 unspecified atom stereocenters. The zero-order valence-electron chi connectivity index (χ0n) is 31.2. The summed E-state index contributed by atoms with van der Waals surface area (Å²) in [7, 11) is 0. The van der Waals surface area contributed by atoms with Crippen molar-refractivity contribution in [1.29, 1.82) is 0 Å². The number of imidazole rings is 1. The molecule has 0 aliphatic carbocycles. The first-order valence-electron chi connectivity index (χ1n) is 19.4. The average Bonchev–Trinajstić information content (AvgIpc) is 3.93. The van der Waals surface area contributed by atoms with E-state index in [1.54, 1.807) is 6.21 Å². The second kappa shape index (κ2) is 22.3. The molecule has 8 atom stereocenters. The van der Waals surface area contributed by atoms with Gasteiger partial charge in [-0.1, -0.05) is 12.8 Å². The van der Waals surface area contributed by atoms with Gasteiger partial charge < -0.3 is 41.7 Å². The zero-order chi connectivity index (χ0) is 39.0. The van der Waals surface area contributed by atoms with Gasteiger partial charge in [0.05, 0.1) is 24.5 Å². The number of rotatable bonds is 25. The lowest BCUT2D eigenvalue weighted by atomic mass is 10.0. The molecule has 3 saturated heterocycles. The maximum atomic E-state index is 12.1. The number of aromatic nitrogens is 4. The second-order valence-electron chi connectivity index (χ2n) is 14.2. The molecular weight excluding hydrogens is 749 g/mol. The topological polar surface area (TPSA) is 252 Å². The summed E-state index contributed by atoms with van der Waals surface area (Å²) in [5, 5.41) is 40.3. The highest BCUT2D eigenvalue weighted by molar-refractivity contribution is 8.00. The van der Waals surface area contributed by atoms with Gasteiger partial charge in [-0.25, -0.2) is 24.5 Å². The first-order valence-corrected chi connectivity index (χ1v) is 21.6. The molecule has 5 heterocycles. The molecule has 3 aliphatic rings. The molecule has 2 aromatic heterocycles. The molecule has 3 fully saturated rings. The highest BCUT2D eigenvalue weighted by atomic mass is 32.2. The van der Waals surface area contributed by atoms with Crippen molar-refractivity contribution in [3.05, 3.63) is 12.7 Å². The lowest BCUT2D eigenvalue weighted by Crippen LogP contribution is -2.36. The standard InChI is InChI=1S/C36H56N10O7S2/c37-32-29-33(42-21-41-32)46(22-43-29)34-31(49)30(48)25(53-34)20-54-18-13-23(35(50)51)39-16-9-3-1-2-7-14-38-15-8-4-10-17-40-27(47)12-6-5-11-26-28-24(19-55-26)44-36(52)45-28/h14,16,21-26,28,30-31,34,48-49H,1-13,15,17-20H2,(H,40,47)(H,50,51)(H2,37,41,42)(H2,44,45,52)/t23-,24-,25+,26-,28-,30+,31+,34+/m0/s1. The van der Waals surface area contributed by atoms with Crippen LogP contribution in [0.25, 0.3) is 11.2 Å². The molecule has 0 aromatic carbocycles. The number of unbranched alkanes of at least 4 members (excludes halogenated alkanes) is 7. The van der Waals surface area contributed by atoms with Crippen LogP contribution < -0.4 is 21.7 Å². The molecule has 0 spiro atoms. The van der Waals surface area contributed by atoms with Gasteiger partial charge in [0.25, 0.3) is 0 Å². The summed E-state index contributed by atoms with van der Waals surface area (Å²) in [5.41, 5.74) is 6.63. The highest BCUT2D eigenvalue weighted by Crippen LogP contribution is 2.34. The number of nitrogens with zero attached hydrogens (tertiary/aromatic N) is 6. The fourth-order valence-electron chi connectivity index (χ4n) is 6.94. The van der Waals surface area contributed by atoms with Gasteiger partial charge in [-0.3, -0.25) is 19.3 Å². The molecule has 0 radical (unpaired) electrons. The predicted molar refractivity (Wildman–Crippen MR) is 215 cm³/mol. The first-order chi connectivity index (χ1) is 26.7. The van der Waals surface area contributed by atoms with Crippen molar-refractivity contribution in [3.63, 3.8) is 0 Å². The van der Waals surface area contributed by atoms with Crippen LogP contribution in [0.1, 0.15) is 89.7 Å². The Morgan fingerprint density at radius 3 is 2.73 bits per heavy atom. The van der Waals surface area contributed by atoms with Gasteiger partial charge in [-0.2, -0.15) is 23.5 Å². The molecule has 5 rings (SSSR count). The summed E-state index contributed by atoms with van der Waals surface area (Å²) in [6.45, 7) is 1.49. The molecular formula is C36H56N10O7S2. The summed E-state index contributed by atoms with van der Waals surface area (Å²) in [5.74, 6) is 1.17. The fourth-order valence-corrected chi connectivity index (χ4v) is 9.54. The Labute approximate surface area is 329 Å². The molecule has 0 saturated carbocycles. The van der Waals surface area contributed by atoms with Crippen LogP contribution in [0.15, 0.2) is 22.6 Å². The van der Waals surface area contributed by atoms with Crippen LogP contribution in [0.2, 0.25) is 0 Å². The Kier molecular flexibility index (Phi) is 17.3. The van der Waals surface area contributed by atoms with Crippen LogP contribution in [0.3, 0.4) is 0 Å². The number of anilines is 1. The Morgan fingerprint density at radius 1 is 1.07 bits per heavy atom. The second-order valence-corrected chi connectivity index (χ2v) is 16.6. The Morgan fingerprint density at radius 2 is 1.89 bits per heavy atom. The fraction of sp³-hybridized carbons (Fsp3) is 0.722. The molecule has 8 N–H and O–H groups in total. The Hall–Kier alpha value is -3.52. The van der Waals surface area contributed by atoms with Crippen LogP contribution in [0.5, 0.6) is 0 Å². The third-order valence-electron chi connectivity index (χ3n) is 10.0. The number of nitrogens with two attached hydrogens (primary N) is 1. The van der Waals surface area contributed by atoms with E-state index in [1.807, 2.05) is 18.0 Å². The SMILES string of the molecule is Nc1ncnc2c1ncn2[C@@H]1O[C@H](CSCC[C@H](N=CCCCCCC=NCCCCCNC(=O)CCCC[C@@H]2SC[C@@H]3NC(=O)N[C@@H]32)C(=O)O)[C@@H](O)[C@H]1O. The number of nitrogen functional groups attached to an aromatic ring is 1. The van der Waals surface area contributed by atoms with Gasteiger partial charge >= 0.3 is 12.0 Å². The minimum Gasteiger partial charge on any atom is -0.480 e. The van der Waals surface area contributed by atoms with Gasteiger partial charge in [0.1, 0.15) is 30.1 Å². The van der Waals surface area contributed by atoms with E-state index in [0.717, 1.165) is 76.5 Å². The van der Waals surface area contributed by atoms with E-state index in [0.29, 0.717) is 53.7 Å². The number of hydrogen-bond donors (Lipinski definition) is 7. The third kappa shape index (κ3) is 12.7. The van der Waals surface area contributed by atoms with E-state index in [4.69, 9.17) is 10.5 Å². The van der Waals surface area contributed by atoms with Crippen LogP contribution in [0.4, 0.5) is 10.6 Å². The number of aliphatic hydroxyl groups excluding tert-OH is 2. The van der Waals surface area contributed by atoms with Crippen LogP contribution in [-0.4, -0.2) is 137 Å². The van der Waals surface area contributed by atoms with E-state index in [-0.39, 0.29) is 29.8 Å². The number of aliphatic hydroxyl groups is 2. The van der Waals surface area contributed by atoms with Crippen LogP contribution >= 0.6 is 23.5 Å². The average molecular weight is 805 g/mol. The summed E-state index contributed by atoms with van der Waals surface area (Å²) >= 11 is 3.35. The van der Waals surface area contributed by atoms with Crippen molar-refractivity contribution >= 4 is 70.8 Å². The van der Waals surface area contributed by atoms with Gasteiger partial charge in [0.15, 0.2) is 17.7 Å². The summed E-state index contributed by atoms with van der Waals surface area (Å²) in [6.07, 6.45) is 13.8. The molecule has 17 nitrogen and oxygen atoms in total. The number of nitrogens with one attached hydrogen (secondary N) is 3. The first kappa shape index (κ1) is 42.6. The van der Waals surface area contributed by atoms with Gasteiger partial charge in [0, 0.05) is 36.3 Å². The number of thioether (sulfide) groups is 2. The number of ether oxygens (including phenoxy) is 1. The smallest absolute Gasteiger partial charge is 0.328 e. The van der Waals surface area contributed by atoms with E-state index in [9.17, 15) is 29.7 Å². The van der Waals surface area contributed by atoms with Crippen molar-refractivity contribution in [2.24, 2.45) is 9.98 Å². The minimum absolute atomic E-state index is 0.0578. The molecule has 304 valence electrons. The van der Waals surface area contributed by atoms with E-state index in [1.165, 1.54) is 29.0 Å². The third-order valence-corrected chi connectivity index (χ3v) is 12.6. The molecule has 0 bridgehead atoms. The lowest BCUT2D eigenvalue weighted by Gasteiger charge is -2.16. The number of carboxylic acid groups (broad SMARTS) is 1.